The average molecular weight is 216 g/mol. The van der Waals surface area contributed by atoms with E-state index in [0.717, 1.165) is 4.90 Å². The van der Waals surface area contributed by atoms with Crippen LogP contribution in [0.15, 0.2) is 0 Å². The molecule has 0 aromatic heterocycles. The Morgan fingerprint density at radius 2 is 2.00 bits per heavy atom. The number of carboxylic acids is 1. The average Bonchev–Trinajstić information content (AvgIpc) is 2.44. The van der Waals surface area contributed by atoms with Crippen molar-refractivity contribution in [3.05, 3.63) is 0 Å². The first-order valence-electron chi connectivity index (χ1n) is 4.74. The van der Waals surface area contributed by atoms with Crippen LogP contribution in [-0.2, 0) is 9.59 Å². The normalized spacial score (nSPS) is 26.8. The monoisotopic (exact) mass is 216 g/mol. The molecular weight excluding hydrogens is 200 g/mol. The van der Waals surface area contributed by atoms with Gasteiger partial charge in [-0.1, -0.05) is 0 Å². The predicted octanol–water partition coefficient (Wildman–Crippen LogP) is -1.23. The summed E-state index contributed by atoms with van der Waals surface area (Å²) in [4.78, 5) is 23.7. The topological polar surface area (TPSA) is 104 Å². The van der Waals surface area contributed by atoms with Crippen molar-refractivity contribution in [3.63, 3.8) is 0 Å². The van der Waals surface area contributed by atoms with E-state index in [9.17, 15) is 14.7 Å². The van der Waals surface area contributed by atoms with E-state index >= 15 is 0 Å². The number of carbonyl (C=O) groups is 2. The van der Waals surface area contributed by atoms with Crippen molar-refractivity contribution < 1.29 is 19.8 Å². The number of carbonyl (C=O) groups excluding carboxylic acids is 1. The number of aliphatic hydroxyl groups excluding tert-OH is 1. The smallest absolute Gasteiger partial charge is 0.326 e. The lowest BCUT2D eigenvalue weighted by Crippen LogP contribution is -2.54. The first-order valence-corrected chi connectivity index (χ1v) is 4.74. The molecule has 1 rings (SSSR count). The Labute approximate surface area is 87.7 Å². The van der Waals surface area contributed by atoms with Gasteiger partial charge < -0.3 is 20.8 Å². The fraction of sp³-hybridized carbons (Fsp3) is 0.778. The summed E-state index contributed by atoms with van der Waals surface area (Å²) < 4.78 is 0. The highest BCUT2D eigenvalue weighted by Gasteiger charge is 2.42. The molecule has 1 saturated heterocycles. The van der Waals surface area contributed by atoms with E-state index in [0.29, 0.717) is 0 Å². The highest BCUT2D eigenvalue weighted by molar-refractivity contribution is 5.90. The van der Waals surface area contributed by atoms with Gasteiger partial charge in [0.1, 0.15) is 6.04 Å². The van der Waals surface area contributed by atoms with Crippen molar-refractivity contribution >= 4 is 11.9 Å². The third-order valence-electron chi connectivity index (χ3n) is 2.38. The molecule has 4 N–H and O–H groups in total. The lowest BCUT2D eigenvalue weighted by Gasteiger charge is -2.28. The van der Waals surface area contributed by atoms with Crippen LogP contribution in [0.4, 0.5) is 0 Å². The third kappa shape index (κ3) is 2.45. The number of rotatable bonds is 2. The standard InChI is InChI=1S/C9H16N2O4/c1-9(2,10)8(15)11-4-5(12)3-6(11)7(13)14/h5-6,12H,3-4,10H2,1-2H3,(H,13,14)/t5?,6-/m0/s1. The van der Waals surface area contributed by atoms with Gasteiger partial charge in [-0.15, -0.1) is 0 Å². The molecule has 1 aliphatic heterocycles. The Morgan fingerprint density at radius 3 is 2.40 bits per heavy atom. The molecule has 0 aromatic rings. The number of nitrogens with zero attached hydrogens (tertiary/aromatic N) is 1. The van der Waals surface area contributed by atoms with Crippen LogP contribution in [-0.4, -0.2) is 51.2 Å². The molecule has 0 bridgehead atoms. The predicted molar refractivity (Wildman–Crippen MR) is 52.0 cm³/mol. The number of carboxylic acid groups (broad SMARTS) is 1. The molecule has 6 heteroatoms. The second-order valence-electron chi connectivity index (χ2n) is 4.42. The summed E-state index contributed by atoms with van der Waals surface area (Å²) in [5, 5.41) is 18.2. The van der Waals surface area contributed by atoms with Gasteiger partial charge >= 0.3 is 5.97 Å². The van der Waals surface area contributed by atoms with Gasteiger partial charge in [-0.2, -0.15) is 0 Å². The maximum absolute atomic E-state index is 11.8. The number of aliphatic hydroxyl groups is 1. The number of amides is 1. The number of aliphatic carboxylic acids is 1. The summed E-state index contributed by atoms with van der Waals surface area (Å²) in [7, 11) is 0. The molecule has 1 unspecified atom stereocenters. The van der Waals surface area contributed by atoms with Crippen molar-refractivity contribution in [2.75, 3.05) is 6.54 Å². The minimum absolute atomic E-state index is 0.0381. The number of hydrogen-bond donors (Lipinski definition) is 3. The summed E-state index contributed by atoms with van der Waals surface area (Å²) >= 11 is 0. The van der Waals surface area contributed by atoms with Gasteiger partial charge in [0.25, 0.3) is 0 Å². The summed E-state index contributed by atoms with van der Waals surface area (Å²) in [5.74, 6) is -1.56. The number of nitrogens with two attached hydrogens (primary N) is 1. The van der Waals surface area contributed by atoms with Gasteiger partial charge in [-0.05, 0) is 13.8 Å². The zero-order valence-corrected chi connectivity index (χ0v) is 8.80. The lowest BCUT2D eigenvalue weighted by atomic mass is 10.0. The summed E-state index contributed by atoms with van der Waals surface area (Å²) in [6, 6.07) is -0.963. The van der Waals surface area contributed by atoms with Crippen LogP contribution in [0.2, 0.25) is 0 Å². The van der Waals surface area contributed by atoms with Gasteiger partial charge in [-0.25, -0.2) is 4.79 Å². The molecule has 6 nitrogen and oxygen atoms in total. The molecule has 15 heavy (non-hydrogen) atoms. The molecule has 86 valence electrons. The Hall–Kier alpha value is -1.14. The fourth-order valence-electron chi connectivity index (χ4n) is 1.64. The van der Waals surface area contributed by atoms with E-state index in [-0.39, 0.29) is 13.0 Å². The molecule has 0 aromatic carbocycles. The number of hydrogen-bond acceptors (Lipinski definition) is 4. The summed E-state index contributed by atoms with van der Waals surface area (Å²) in [6.07, 6.45) is -0.714. The number of likely N-dealkylation sites (tertiary alicyclic amines) is 1. The minimum Gasteiger partial charge on any atom is -0.480 e. The van der Waals surface area contributed by atoms with E-state index in [1.54, 1.807) is 0 Å². The molecule has 1 aliphatic rings. The molecule has 0 saturated carbocycles. The highest BCUT2D eigenvalue weighted by Crippen LogP contribution is 2.21. The van der Waals surface area contributed by atoms with Gasteiger partial charge in [0.2, 0.25) is 5.91 Å². The van der Waals surface area contributed by atoms with Crippen LogP contribution in [0.3, 0.4) is 0 Å². The molecule has 0 spiro atoms. The Morgan fingerprint density at radius 1 is 1.47 bits per heavy atom. The van der Waals surface area contributed by atoms with Gasteiger partial charge in [0, 0.05) is 13.0 Å². The van der Waals surface area contributed by atoms with Crippen LogP contribution < -0.4 is 5.73 Å². The quantitative estimate of drug-likeness (QED) is 0.536. The SMILES string of the molecule is CC(C)(N)C(=O)N1CC(O)C[C@H]1C(=O)O. The van der Waals surface area contributed by atoms with E-state index in [2.05, 4.69) is 0 Å². The molecule has 0 radical (unpaired) electrons. The first-order chi connectivity index (χ1) is 6.73. The zero-order chi connectivity index (χ0) is 11.8. The Bertz CT molecular complexity index is 284. The second-order valence-corrected chi connectivity index (χ2v) is 4.42. The van der Waals surface area contributed by atoms with E-state index in [1.165, 1.54) is 13.8 Å². The van der Waals surface area contributed by atoms with Crippen LogP contribution in [0.25, 0.3) is 0 Å². The minimum atomic E-state index is -1.11. The van der Waals surface area contributed by atoms with Crippen LogP contribution in [0, 0.1) is 0 Å². The van der Waals surface area contributed by atoms with Gasteiger partial charge in [0.15, 0.2) is 0 Å². The highest BCUT2D eigenvalue weighted by atomic mass is 16.4. The van der Waals surface area contributed by atoms with Crippen molar-refractivity contribution in [1.29, 1.82) is 0 Å². The first kappa shape index (κ1) is 11.9. The van der Waals surface area contributed by atoms with Crippen LogP contribution in [0.5, 0.6) is 0 Å². The number of β-amino-alcohol motifs (C(OH)–C–C–N with tert-alkyl or cyclic N) is 1. The molecule has 0 aliphatic carbocycles. The zero-order valence-electron chi connectivity index (χ0n) is 8.80. The van der Waals surface area contributed by atoms with Crippen molar-refractivity contribution in [2.45, 2.75) is 38.0 Å². The van der Waals surface area contributed by atoms with Crippen molar-refractivity contribution in [1.82, 2.24) is 4.90 Å². The Kier molecular flexibility index (Phi) is 3.01. The van der Waals surface area contributed by atoms with E-state index < -0.39 is 29.6 Å². The largest absolute Gasteiger partial charge is 0.480 e. The molecule has 1 amide bonds. The second kappa shape index (κ2) is 3.79. The maximum atomic E-state index is 11.8. The van der Waals surface area contributed by atoms with Crippen molar-refractivity contribution in [3.8, 4) is 0 Å². The fourth-order valence-corrected chi connectivity index (χ4v) is 1.64. The van der Waals surface area contributed by atoms with Crippen molar-refractivity contribution in [2.24, 2.45) is 5.73 Å². The van der Waals surface area contributed by atoms with E-state index in [1.807, 2.05) is 0 Å². The van der Waals surface area contributed by atoms with E-state index in [4.69, 9.17) is 10.8 Å². The van der Waals surface area contributed by atoms with Crippen LogP contribution >= 0.6 is 0 Å². The molecule has 2 atom stereocenters. The summed E-state index contributed by atoms with van der Waals surface area (Å²) in [6.45, 7) is 3.06. The molecule has 1 heterocycles. The van der Waals surface area contributed by atoms with Gasteiger partial charge in [0.05, 0.1) is 11.6 Å². The maximum Gasteiger partial charge on any atom is 0.326 e. The lowest BCUT2D eigenvalue weighted by molar-refractivity contribution is -0.150. The third-order valence-corrected chi connectivity index (χ3v) is 2.38. The van der Waals surface area contributed by atoms with Gasteiger partial charge in [-0.3, -0.25) is 4.79 Å². The van der Waals surface area contributed by atoms with Crippen LogP contribution in [0.1, 0.15) is 20.3 Å². The summed E-state index contributed by atoms with van der Waals surface area (Å²) in [5.41, 5.74) is 4.49. The molecule has 1 fully saturated rings. The Balaban J connectivity index is 2.85. The molecular formula is C9H16N2O4.